The van der Waals surface area contributed by atoms with Gasteiger partial charge in [-0.2, -0.15) is 0 Å². The van der Waals surface area contributed by atoms with E-state index in [1.54, 1.807) is 6.07 Å². The lowest BCUT2D eigenvalue weighted by Crippen LogP contribution is -2.57. The Bertz CT molecular complexity index is 740. The molecule has 1 radical (unpaired) electrons. The molecule has 0 saturated carbocycles. The Morgan fingerprint density at radius 1 is 1.08 bits per heavy atom. The fourth-order valence-corrected chi connectivity index (χ4v) is 3.98. The number of piperazine rings is 1. The smallest absolute Gasteiger partial charge is 0.115 e. The van der Waals surface area contributed by atoms with Crippen molar-refractivity contribution in [1.82, 2.24) is 9.80 Å². The summed E-state index contributed by atoms with van der Waals surface area (Å²) >= 11 is 0. The Morgan fingerprint density at radius 3 is 2.46 bits per heavy atom. The van der Waals surface area contributed by atoms with Crippen molar-refractivity contribution < 1.29 is 5.11 Å². The molecule has 3 heteroatoms. The van der Waals surface area contributed by atoms with Crippen LogP contribution in [0.15, 0.2) is 61.2 Å². The van der Waals surface area contributed by atoms with Crippen LogP contribution in [0.1, 0.15) is 36.6 Å². The van der Waals surface area contributed by atoms with Crippen LogP contribution < -0.4 is 0 Å². The van der Waals surface area contributed by atoms with Gasteiger partial charge in [-0.05, 0) is 49.6 Å². The molecule has 2 aromatic carbocycles. The Labute approximate surface area is 157 Å². The van der Waals surface area contributed by atoms with Gasteiger partial charge in [0.25, 0.3) is 0 Å². The van der Waals surface area contributed by atoms with Crippen LogP contribution in [0, 0.1) is 6.92 Å². The first-order valence-electron chi connectivity index (χ1n) is 9.31. The van der Waals surface area contributed by atoms with E-state index in [4.69, 9.17) is 0 Å². The highest BCUT2D eigenvalue weighted by atomic mass is 16.3. The van der Waals surface area contributed by atoms with Crippen molar-refractivity contribution in [3.05, 3.63) is 84.8 Å². The van der Waals surface area contributed by atoms with Crippen LogP contribution in [0.4, 0.5) is 0 Å². The number of rotatable bonds is 5. The van der Waals surface area contributed by atoms with Gasteiger partial charge in [0, 0.05) is 31.7 Å². The number of aromatic hydroxyl groups is 1. The largest absolute Gasteiger partial charge is 0.508 e. The SMILES string of the molecule is [CH2]c1ccc(C(c2cccc(O)c2)N2CC(C)N(CC=C)CC2C)cc1. The molecule has 1 fully saturated rings. The molecule has 2 aromatic rings. The average molecular weight is 349 g/mol. The first-order chi connectivity index (χ1) is 12.5. The fraction of sp³-hybridized carbons (Fsp3) is 0.348. The van der Waals surface area contributed by atoms with E-state index in [9.17, 15) is 5.11 Å². The lowest BCUT2D eigenvalue weighted by molar-refractivity contribution is 0.0306. The lowest BCUT2D eigenvalue weighted by Gasteiger charge is -2.47. The summed E-state index contributed by atoms with van der Waals surface area (Å²) in [6.45, 7) is 15.4. The Hall–Kier alpha value is -2.10. The third-order valence-electron chi connectivity index (χ3n) is 5.34. The molecule has 0 aromatic heterocycles. The van der Waals surface area contributed by atoms with Crippen LogP contribution in [0.2, 0.25) is 0 Å². The predicted molar refractivity (Wildman–Crippen MR) is 108 cm³/mol. The van der Waals surface area contributed by atoms with Crippen LogP contribution in [0.3, 0.4) is 0 Å². The zero-order chi connectivity index (χ0) is 18.7. The standard InChI is InChI=1S/C23H29N2O/c1-5-13-24-15-19(4)25(16-18(24)3)23(20-11-9-17(2)10-12-20)21-7-6-8-22(26)14-21/h5-12,14,18-19,23,26H,1-2,13,15-16H2,3-4H3. The highest BCUT2D eigenvalue weighted by molar-refractivity contribution is 5.38. The Kier molecular flexibility index (Phi) is 5.80. The molecule has 0 spiro atoms. The van der Waals surface area contributed by atoms with E-state index in [1.807, 2.05) is 18.2 Å². The van der Waals surface area contributed by atoms with E-state index in [0.717, 1.165) is 30.8 Å². The zero-order valence-corrected chi connectivity index (χ0v) is 15.8. The van der Waals surface area contributed by atoms with Crippen LogP contribution in [-0.2, 0) is 0 Å². The van der Waals surface area contributed by atoms with Crippen molar-refractivity contribution in [2.75, 3.05) is 19.6 Å². The third kappa shape index (κ3) is 4.00. The van der Waals surface area contributed by atoms with E-state index >= 15 is 0 Å². The van der Waals surface area contributed by atoms with E-state index < -0.39 is 0 Å². The highest BCUT2D eigenvalue weighted by Gasteiger charge is 2.34. The van der Waals surface area contributed by atoms with Gasteiger partial charge in [-0.25, -0.2) is 0 Å². The maximum atomic E-state index is 10.0. The molecule has 0 bridgehead atoms. The minimum absolute atomic E-state index is 0.117. The highest BCUT2D eigenvalue weighted by Crippen LogP contribution is 2.34. The maximum absolute atomic E-state index is 10.0. The summed E-state index contributed by atoms with van der Waals surface area (Å²) in [6, 6.07) is 17.1. The van der Waals surface area contributed by atoms with E-state index in [0.29, 0.717) is 17.8 Å². The molecule has 3 unspecified atom stereocenters. The Morgan fingerprint density at radius 2 is 1.81 bits per heavy atom. The molecule has 1 saturated heterocycles. The van der Waals surface area contributed by atoms with Crippen LogP contribution in [0.5, 0.6) is 5.75 Å². The molecule has 3 atom stereocenters. The van der Waals surface area contributed by atoms with E-state index in [-0.39, 0.29) is 6.04 Å². The van der Waals surface area contributed by atoms with Gasteiger partial charge in [0.2, 0.25) is 0 Å². The van der Waals surface area contributed by atoms with Crippen LogP contribution in [-0.4, -0.2) is 46.6 Å². The summed E-state index contributed by atoms with van der Waals surface area (Å²) in [5.41, 5.74) is 3.37. The van der Waals surface area contributed by atoms with Crippen molar-refractivity contribution in [2.24, 2.45) is 0 Å². The minimum atomic E-state index is 0.117. The van der Waals surface area contributed by atoms with Crippen LogP contribution in [0.25, 0.3) is 0 Å². The second-order valence-electron chi connectivity index (χ2n) is 7.38. The zero-order valence-electron chi connectivity index (χ0n) is 15.8. The summed E-state index contributed by atoms with van der Waals surface area (Å²) < 4.78 is 0. The van der Waals surface area contributed by atoms with Crippen molar-refractivity contribution >= 4 is 0 Å². The number of hydrogen-bond acceptors (Lipinski definition) is 3. The van der Waals surface area contributed by atoms with Gasteiger partial charge >= 0.3 is 0 Å². The van der Waals surface area contributed by atoms with Gasteiger partial charge in [-0.15, -0.1) is 6.58 Å². The summed E-state index contributed by atoms with van der Waals surface area (Å²) in [6.07, 6.45) is 1.98. The quantitative estimate of drug-likeness (QED) is 0.818. The second kappa shape index (κ2) is 8.07. The average Bonchev–Trinajstić information content (AvgIpc) is 2.61. The number of nitrogens with zero attached hydrogens (tertiary/aromatic N) is 2. The minimum Gasteiger partial charge on any atom is -0.508 e. The summed E-state index contributed by atoms with van der Waals surface area (Å²) in [7, 11) is 0. The van der Waals surface area contributed by atoms with Gasteiger partial charge in [0.1, 0.15) is 5.75 Å². The van der Waals surface area contributed by atoms with Gasteiger partial charge in [0.15, 0.2) is 0 Å². The van der Waals surface area contributed by atoms with Gasteiger partial charge < -0.3 is 5.11 Å². The number of benzene rings is 2. The molecule has 1 heterocycles. The van der Waals surface area contributed by atoms with Crippen LogP contribution >= 0.6 is 0 Å². The predicted octanol–water partition coefficient (Wildman–Crippen LogP) is 4.24. The number of phenolic OH excluding ortho intramolecular Hbond substituents is 1. The van der Waals surface area contributed by atoms with Crippen molar-refractivity contribution in [3.8, 4) is 5.75 Å². The topological polar surface area (TPSA) is 26.7 Å². The second-order valence-corrected chi connectivity index (χ2v) is 7.38. The van der Waals surface area contributed by atoms with Crippen molar-refractivity contribution in [3.63, 3.8) is 0 Å². The molecular formula is C23H29N2O. The summed E-state index contributed by atoms with van der Waals surface area (Å²) in [5, 5.41) is 10.0. The lowest BCUT2D eigenvalue weighted by atomic mass is 9.93. The summed E-state index contributed by atoms with van der Waals surface area (Å²) in [5.74, 6) is 0.312. The monoisotopic (exact) mass is 349 g/mol. The molecule has 1 aliphatic rings. The van der Waals surface area contributed by atoms with Gasteiger partial charge in [-0.3, -0.25) is 9.80 Å². The molecular weight excluding hydrogens is 320 g/mol. The summed E-state index contributed by atoms with van der Waals surface area (Å²) in [4.78, 5) is 5.03. The molecule has 3 nitrogen and oxygen atoms in total. The molecule has 3 rings (SSSR count). The number of hydrogen-bond donors (Lipinski definition) is 1. The van der Waals surface area contributed by atoms with Crippen molar-refractivity contribution in [2.45, 2.75) is 32.0 Å². The molecule has 26 heavy (non-hydrogen) atoms. The molecule has 0 aliphatic carbocycles. The normalized spacial score (nSPS) is 22.9. The third-order valence-corrected chi connectivity index (χ3v) is 5.34. The Balaban J connectivity index is 1.98. The maximum Gasteiger partial charge on any atom is 0.115 e. The number of phenols is 1. The molecule has 1 N–H and O–H groups in total. The van der Waals surface area contributed by atoms with E-state index in [2.05, 4.69) is 67.5 Å². The molecule has 0 amide bonds. The van der Waals surface area contributed by atoms with Gasteiger partial charge in [0.05, 0.1) is 6.04 Å². The first-order valence-corrected chi connectivity index (χ1v) is 9.31. The van der Waals surface area contributed by atoms with Gasteiger partial charge in [-0.1, -0.05) is 42.5 Å². The molecule has 1 aliphatic heterocycles. The first kappa shape index (κ1) is 18.7. The van der Waals surface area contributed by atoms with Crippen molar-refractivity contribution in [1.29, 1.82) is 0 Å². The molecule has 137 valence electrons. The van der Waals surface area contributed by atoms with E-state index in [1.165, 1.54) is 5.56 Å². The fourth-order valence-electron chi connectivity index (χ4n) is 3.98.